The van der Waals surface area contributed by atoms with Gasteiger partial charge in [-0.3, -0.25) is 0 Å². The summed E-state index contributed by atoms with van der Waals surface area (Å²) in [6, 6.07) is 13.5. The number of benzene rings is 2. The molecule has 0 saturated heterocycles. The summed E-state index contributed by atoms with van der Waals surface area (Å²) < 4.78 is 14.1. The molecule has 29 heavy (non-hydrogen) atoms. The maximum Gasteiger partial charge on any atom is 0.229 e. The van der Waals surface area contributed by atoms with Crippen LogP contribution in [0, 0.1) is 5.82 Å². The molecule has 0 unspecified atom stereocenters. The van der Waals surface area contributed by atoms with E-state index in [1.165, 1.54) is 35.7 Å². The summed E-state index contributed by atoms with van der Waals surface area (Å²) in [5.41, 5.74) is 5.18. The van der Waals surface area contributed by atoms with Crippen LogP contribution in [0.2, 0.25) is 0 Å². The second kappa shape index (κ2) is 6.36. The Bertz CT molecular complexity index is 1070. The number of anilines is 2. The van der Waals surface area contributed by atoms with Crippen LogP contribution in [0.25, 0.3) is 11.1 Å². The quantitative estimate of drug-likeness (QED) is 0.689. The van der Waals surface area contributed by atoms with E-state index in [1.54, 1.807) is 24.5 Å². The highest BCUT2D eigenvalue weighted by Crippen LogP contribution is 2.58. The SMILES string of the molecule is CNC(C)(C)c1ccc2c(c1)N(c1ncc(-c3ccccc3F)cn1)CC21CC1. The van der Waals surface area contributed by atoms with Gasteiger partial charge in [-0.05, 0) is 57.0 Å². The van der Waals surface area contributed by atoms with Gasteiger partial charge in [0.25, 0.3) is 0 Å². The van der Waals surface area contributed by atoms with Crippen molar-refractivity contribution in [2.24, 2.45) is 0 Å². The number of aromatic nitrogens is 2. The number of rotatable bonds is 4. The Balaban J connectivity index is 1.53. The zero-order chi connectivity index (χ0) is 20.2. The zero-order valence-electron chi connectivity index (χ0n) is 17.0. The third kappa shape index (κ3) is 2.92. The largest absolute Gasteiger partial charge is 0.311 e. The van der Waals surface area contributed by atoms with Gasteiger partial charge in [-0.1, -0.05) is 30.3 Å². The molecule has 0 atom stereocenters. The second-order valence-electron chi connectivity index (χ2n) is 8.72. The molecule has 0 bridgehead atoms. The summed E-state index contributed by atoms with van der Waals surface area (Å²) in [6.45, 7) is 5.27. The molecule has 1 N–H and O–H groups in total. The molecule has 2 heterocycles. The molecule has 5 rings (SSSR count). The molecule has 1 aliphatic carbocycles. The van der Waals surface area contributed by atoms with E-state index < -0.39 is 0 Å². The van der Waals surface area contributed by atoms with Crippen LogP contribution in [0.4, 0.5) is 16.0 Å². The van der Waals surface area contributed by atoms with E-state index in [1.807, 2.05) is 13.1 Å². The van der Waals surface area contributed by atoms with E-state index in [4.69, 9.17) is 0 Å². The minimum atomic E-state index is -0.258. The highest BCUT2D eigenvalue weighted by Gasteiger charge is 2.52. The molecule has 2 aliphatic rings. The predicted octanol–water partition coefficient (Wildman–Crippen LogP) is 4.92. The number of nitrogens with one attached hydrogen (secondary N) is 1. The van der Waals surface area contributed by atoms with Crippen molar-refractivity contribution >= 4 is 11.6 Å². The van der Waals surface area contributed by atoms with E-state index >= 15 is 0 Å². The van der Waals surface area contributed by atoms with Crippen LogP contribution in [-0.4, -0.2) is 23.6 Å². The molecule has 3 aromatic rings. The Labute approximate surface area is 170 Å². The normalized spacial score (nSPS) is 16.9. The average Bonchev–Trinajstić information content (AvgIpc) is 3.45. The molecule has 5 heteroatoms. The third-order valence-corrected chi connectivity index (χ3v) is 6.59. The van der Waals surface area contributed by atoms with Crippen LogP contribution < -0.4 is 10.2 Å². The van der Waals surface area contributed by atoms with Gasteiger partial charge in [-0.2, -0.15) is 0 Å². The van der Waals surface area contributed by atoms with Gasteiger partial charge in [0.2, 0.25) is 5.95 Å². The maximum absolute atomic E-state index is 14.1. The van der Waals surface area contributed by atoms with Gasteiger partial charge in [0.05, 0.1) is 0 Å². The summed E-state index contributed by atoms with van der Waals surface area (Å²) >= 11 is 0. The summed E-state index contributed by atoms with van der Waals surface area (Å²) in [5.74, 6) is 0.417. The van der Waals surface area contributed by atoms with Crippen LogP contribution in [0.3, 0.4) is 0 Å². The summed E-state index contributed by atoms with van der Waals surface area (Å²) in [7, 11) is 1.98. The average molecular weight is 388 g/mol. The first-order valence-corrected chi connectivity index (χ1v) is 10.1. The summed E-state index contributed by atoms with van der Waals surface area (Å²) in [4.78, 5) is 11.5. The zero-order valence-corrected chi connectivity index (χ0v) is 17.0. The van der Waals surface area contributed by atoms with E-state index in [-0.39, 0.29) is 16.8 Å². The molecule has 2 aromatic carbocycles. The summed E-state index contributed by atoms with van der Waals surface area (Å²) in [6.07, 6.45) is 5.86. The molecule has 0 radical (unpaired) electrons. The fraction of sp³-hybridized carbons (Fsp3) is 0.333. The fourth-order valence-corrected chi connectivity index (χ4v) is 4.26. The molecule has 0 amide bonds. The molecule has 148 valence electrons. The van der Waals surface area contributed by atoms with Gasteiger partial charge in [0, 0.05) is 46.7 Å². The lowest BCUT2D eigenvalue weighted by atomic mass is 9.90. The topological polar surface area (TPSA) is 41.0 Å². The molecule has 1 saturated carbocycles. The van der Waals surface area contributed by atoms with Gasteiger partial charge in [-0.25, -0.2) is 14.4 Å². The lowest BCUT2D eigenvalue weighted by Gasteiger charge is -2.26. The first-order valence-electron chi connectivity index (χ1n) is 10.1. The predicted molar refractivity (Wildman–Crippen MR) is 114 cm³/mol. The molecule has 1 spiro atoms. The Kier molecular flexibility index (Phi) is 4.00. The standard InChI is InChI=1S/C24H25FN4/c1-23(2,26-3)17-8-9-19-21(12-17)29(15-24(19)10-11-24)22-27-13-16(14-28-22)18-6-4-5-7-20(18)25/h4-9,12-14,26H,10-11,15H2,1-3H3. The number of hydrogen-bond donors (Lipinski definition) is 1. The lowest BCUT2D eigenvalue weighted by Crippen LogP contribution is -2.33. The van der Waals surface area contributed by atoms with Gasteiger partial charge in [0.15, 0.2) is 0 Å². The van der Waals surface area contributed by atoms with Crippen LogP contribution in [0.15, 0.2) is 54.9 Å². The fourth-order valence-electron chi connectivity index (χ4n) is 4.26. The first kappa shape index (κ1) is 18.3. The van der Waals surface area contributed by atoms with Crippen molar-refractivity contribution in [2.45, 2.75) is 37.6 Å². The van der Waals surface area contributed by atoms with Crippen LogP contribution in [0.5, 0.6) is 0 Å². The Morgan fingerprint density at radius 2 is 1.79 bits per heavy atom. The highest BCUT2D eigenvalue weighted by atomic mass is 19.1. The number of nitrogens with zero attached hydrogens (tertiary/aromatic N) is 3. The van der Waals surface area contributed by atoms with E-state index in [0.29, 0.717) is 17.1 Å². The van der Waals surface area contributed by atoms with E-state index in [9.17, 15) is 4.39 Å². The van der Waals surface area contributed by atoms with Crippen molar-refractivity contribution in [3.05, 3.63) is 71.8 Å². The maximum atomic E-state index is 14.1. The van der Waals surface area contributed by atoms with Crippen LogP contribution in [0.1, 0.15) is 37.8 Å². The Morgan fingerprint density at radius 3 is 2.45 bits per heavy atom. The number of fused-ring (bicyclic) bond motifs is 2. The van der Waals surface area contributed by atoms with Crippen molar-refractivity contribution in [1.82, 2.24) is 15.3 Å². The molecule has 1 aromatic heterocycles. The van der Waals surface area contributed by atoms with Gasteiger partial charge in [-0.15, -0.1) is 0 Å². The third-order valence-electron chi connectivity index (χ3n) is 6.59. The molecule has 4 nitrogen and oxygen atoms in total. The minimum Gasteiger partial charge on any atom is -0.311 e. The molecule has 1 aliphatic heterocycles. The minimum absolute atomic E-state index is 0.116. The van der Waals surface area contributed by atoms with Crippen molar-refractivity contribution in [1.29, 1.82) is 0 Å². The van der Waals surface area contributed by atoms with Gasteiger partial charge in [0.1, 0.15) is 5.82 Å². The Morgan fingerprint density at radius 1 is 1.07 bits per heavy atom. The van der Waals surface area contributed by atoms with E-state index in [0.717, 1.165) is 6.54 Å². The molecular weight excluding hydrogens is 363 g/mol. The van der Waals surface area contributed by atoms with Crippen molar-refractivity contribution < 1.29 is 4.39 Å². The van der Waals surface area contributed by atoms with E-state index in [2.05, 4.69) is 52.2 Å². The summed E-state index contributed by atoms with van der Waals surface area (Å²) in [5, 5.41) is 3.39. The second-order valence-corrected chi connectivity index (χ2v) is 8.72. The monoisotopic (exact) mass is 388 g/mol. The Hall–Kier alpha value is -2.79. The lowest BCUT2D eigenvalue weighted by molar-refractivity contribution is 0.445. The number of hydrogen-bond acceptors (Lipinski definition) is 4. The van der Waals surface area contributed by atoms with Crippen molar-refractivity contribution in [3.8, 4) is 11.1 Å². The van der Waals surface area contributed by atoms with Gasteiger partial charge < -0.3 is 10.2 Å². The van der Waals surface area contributed by atoms with Crippen molar-refractivity contribution in [2.75, 3.05) is 18.5 Å². The first-order chi connectivity index (χ1) is 13.9. The van der Waals surface area contributed by atoms with Gasteiger partial charge >= 0.3 is 0 Å². The molecule has 1 fully saturated rings. The number of halogens is 1. The van der Waals surface area contributed by atoms with Crippen LogP contribution >= 0.6 is 0 Å². The molecular formula is C24H25FN4. The van der Waals surface area contributed by atoms with Crippen LogP contribution in [-0.2, 0) is 11.0 Å². The van der Waals surface area contributed by atoms with Crippen molar-refractivity contribution in [3.63, 3.8) is 0 Å². The smallest absolute Gasteiger partial charge is 0.229 e. The highest BCUT2D eigenvalue weighted by molar-refractivity contribution is 5.73.